The minimum atomic E-state index is -0.689. The van der Waals surface area contributed by atoms with Gasteiger partial charge in [-0.05, 0) is 31.5 Å². The van der Waals surface area contributed by atoms with Crippen molar-refractivity contribution in [2.75, 3.05) is 26.1 Å². The van der Waals surface area contributed by atoms with E-state index in [1.807, 2.05) is 0 Å². The Kier molecular flexibility index (Phi) is 6.40. The lowest BCUT2D eigenvalue weighted by Crippen LogP contribution is -2.16. The molecule has 0 bridgehead atoms. The lowest BCUT2D eigenvalue weighted by atomic mass is 10.1. The van der Waals surface area contributed by atoms with Crippen LogP contribution in [0.5, 0.6) is 11.5 Å². The van der Waals surface area contributed by atoms with E-state index in [0.717, 1.165) is 11.3 Å². The molecule has 9 heteroatoms. The number of ether oxygens (including phenoxy) is 3. The third-order valence-corrected chi connectivity index (χ3v) is 4.95. The van der Waals surface area contributed by atoms with Crippen LogP contribution in [0.25, 0.3) is 0 Å². The molecule has 27 heavy (non-hydrogen) atoms. The zero-order valence-corrected chi connectivity index (χ0v) is 16.2. The molecular formula is C18H20N2O6S. The van der Waals surface area contributed by atoms with Crippen LogP contribution in [0.3, 0.4) is 0 Å². The molecule has 2 rings (SSSR count). The van der Waals surface area contributed by atoms with E-state index in [1.165, 1.54) is 20.3 Å². The van der Waals surface area contributed by atoms with Crippen LogP contribution in [0.4, 0.5) is 5.00 Å². The van der Waals surface area contributed by atoms with E-state index in [9.17, 15) is 14.4 Å². The largest absolute Gasteiger partial charge is 0.497 e. The monoisotopic (exact) mass is 392 g/mol. The molecule has 0 saturated heterocycles. The summed E-state index contributed by atoms with van der Waals surface area (Å²) < 4.78 is 15.4. The number of nitrogens with one attached hydrogen (secondary N) is 1. The summed E-state index contributed by atoms with van der Waals surface area (Å²) in [4.78, 5) is 36.8. The number of carbonyl (C=O) groups excluding carboxylic acids is 3. The normalized spacial score (nSPS) is 10.2. The van der Waals surface area contributed by atoms with Gasteiger partial charge in [0, 0.05) is 6.07 Å². The van der Waals surface area contributed by atoms with Crippen molar-refractivity contribution in [3.8, 4) is 11.5 Å². The number of amides is 2. The van der Waals surface area contributed by atoms with Gasteiger partial charge in [-0.3, -0.25) is 9.59 Å². The zero-order chi connectivity index (χ0) is 20.1. The molecule has 1 heterocycles. The van der Waals surface area contributed by atoms with Crippen molar-refractivity contribution in [1.82, 2.24) is 0 Å². The highest BCUT2D eigenvalue weighted by Gasteiger charge is 2.26. The van der Waals surface area contributed by atoms with Gasteiger partial charge in [0.05, 0.1) is 36.8 Å². The first kappa shape index (κ1) is 20.2. The number of anilines is 1. The highest BCUT2D eigenvalue weighted by atomic mass is 32.1. The van der Waals surface area contributed by atoms with Gasteiger partial charge in [0.25, 0.3) is 11.8 Å². The van der Waals surface area contributed by atoms with Crippen LogP contribution in [-0.4, -0.2) is 38.6 Å². The maximum atomic E-state index is 12.7. The number of carbonyl (C=O) groups is 3. The highest BCUT2D eigenvalue weighted by Crippen LogP contribution is 2.34. The highest BCUT2D eigenvalue weighted by molar-refractivity contribution is 7.18. The molecule has 0 aliphatic rings. The van der Waals surface area contributed by atoms with Gasteiger partial charge >= 0.3 is 5.97 Å². The molecule has 8 nitrogen and oxygen atoms in total. The second-order valence-electron chi connectivity index (χ2n) is 5.37. The topological polar surface area (TPSA) is 117 Å². The summed E-state index contributed by atoms with van der Waals surface area (Å²) >= 11 is 0.920. The van der Waals surface area contributed by atoms with Gasteiger partial charge in [-0.1, -0.05) is 0 Å². The Morgan fingerprint density at radius 3 is 2.44 bits per heavy atom. The summed E-state index contributed by atoms with van der Waals surface area (Å²) in [6.45, 7) is 3.39. The van der Waals surface area contributed by atoms with Crippen LogP contribution < -0.4 is 20.5 Å². The minimum Gasteiger partial charge on any atom is -0.497 e. The van der Waals surface area contributed by atoms with Crippen LogP contribution in [0.1, 0.15) is 42.9 Å². The first-order chi connectivity index (χ1) is 12.8. The Balaban J connectivity index is 2.44. The van der Waals surface area contributed by atoms with Crippen molar-refractivity contribution < 1.29 is 28.6 Å². The van der Waals surface area contributed by atoms with Crippen molar-refractivity contribution in [2.45, 2.75) is 13.8 Å². The third-order valence-electron chi connectivity index (χ3n) is 3.73. The van der Waals surface area contributed by atoms with E-state index >= 15 is 0 Å². The lowest BCUT2D eigenvalue weighted by molar-refractivity contribution is 0.0527. The van der Waals surface area contributed by atoms with E-state index < -0.39 is 17.8 Å². The van der Waals surface area contributed by atoms with Crippen LogP contribution in [0, 0.1) is 6.92 Å². The second-order valence-corrected chi connectivity index (χ2v) is 6.39. The summed E-state index contributed by atoms with van der Waals surface area (Å²) in [5.74, 6) is -1.02. The van der Waals surface area contributed by atoms with E-state index in [0.29, 0.717) is 17.1 Å². The van der Waals surface area contributed by atoms with E-state index in [4.69, 9.17) is 19.9 Å². The predicted octanol–water partition coefficient (Wildman–Crippen LogP) is 2.60. The van der Waals surface area contributed by atoms with Gasteiger partial charge in [0.2, 0.25) is 0 Å². The molecule has 0 aliphatic heterocycles. The molecule has 0 atom stereocenters. The zero-order valence-electron chi connectivity index (χ0n) is 15.4. The number of methoxy groups -OCH3 is 2. The first-order valence-electron chi connectivity index (χ1n) is 7.97. The van der Waals surface area contributed by atoms with Crippen LogP contribution in [-0.2, 0) is 4.74 Å². The van der Waals surface area contributed by atoms with Gasteiger partial charge in [0.1, 0.15) is 16.5 Å². The number of hydrogen-bond donors (Lipinski definition) is 2. The number of thiophene rings is 1. The summed E-state index contributed by atoms with van der Waals surface area (Å²) in [5, 5.41) is 2.83. The summed E-state index contributed by atoms with van der Waals surface area (Å²) in [6, 6.07) is 4.71. The maximum Gasteiger partial charge on any atom is 0.341 e. The number of benzene rings is 1. The van der Waals surface area contributed by atoms with E-state index in [2.05, 4.69) is 5.32 Å². The minimum absolute atomic E-state index is 0.108. The molecule has 2 aromatic rings. The Morgan fingerprint density at radius 2 is 1.89 bits per heavy atom. The second kappa shape index (κ2) is 8.54. The Hall–Kier alpha value is -3.07. The van der Waals surface area contributed by atoms with Crippen LogP contribution >= 0.6 is 11.3 Å². The molecule has 3 N–H and O–H groups in total. The van der Waals surface area contributed by atoms with Crippen molar-refractivity contribution in [1.29, 1.82) is 0 Å². The van der Waals surface area contributed by atoms with Gasteiger partial charge in [-0.2, -0.15) is 0 Å². The summed E-state index contributed by atoms with van der Waals surface area (Å²) in [5.41, 5.74) is 6.07. The van der Waals surface area contributed by atoms with Gasteiger partial charge in [-0.25, -0.2) is 4.79 Å². The molecule has 1 aromatic heterocycles. The van der Waals surface area contributed by atoms with Crippen LogP contribution in [0.15, 0.2) is 18.2 Å². The van der Waals surface area contributed by atoms with E-state index in [1.54, 1.807) is 26.0 Å². The molecule has 0 radical (unpaired) electrons. The fraction of sp³-hybridized carbons (Fsp3) is 0.278. The molecule has 0 spiro atoms. The fourth-order valence-electron chi connectivity index (χ4n) is 2.44. The predicted molar refractivity (Wildman–Crippen MR) is 101 cm³/mol. The number of hydrogen-bond acceptors (Lipinski definition) is 7. The SMILES string of the molecule is CCOC(=O)c1c(NC(=O)c2ccc(OC)cc2OC)sc(C(N)=O)c1C. The molecule has 2 amide bonds. The molecule has 0 aliphatic carbocycles. The maximum absolute atomic E-state index is 12.7. The average Bonchev–Trinajstić information content (AvgIpc) is 2.97. The van der Waals surface area contributed by atoms with Crippen molar-refractivity contribution in [3.63, 3.8) is 0 Å². The average molecular weight is 392 g/mol. The van der Waals surface area contributed by atoms with Crippen molar-refractivity contribution in [2.24, 2.45) is 5.73 Å². The number of rotatable bonds is 7. The molecule has 1 aromatic carbocycles. The Bertz CT molecular complexity index is 890. The first-order valence-corrected chi connectivity index (χ1v) is 8.79. The summed E-state index contributed by atoms with van der Waals surface area (Å²) in [6.07, 6.45) is 0. The van der Waals surface area contributed by atoms with Crippen molar-refractivity contribution >= 4 is 34.1 Å². The molecule has 144 valence electrons. The molecular weight excluding hydrogens is 372 g/mol. The number of nitrogens with two attached hydrogens (primary N) is 1. The number of primary amides is 1. The molecule has 0 unspecified atom stereocenters. The fourth-order valence-corrected chi connectivity index (χ4v) is 3.48. The lowest BCUT2D eigenvalue weighted by Gasteiger charge is -2.11. The number of esters is 1. The van der Waals surface area contributed by atoms with E-state index in [-0.39, 0.29) is 27.6 Å². The third kappa shape index (κ3) is 4.20. The standard InChI is InChI=1S/C18H20N2O6S/c1-5-26-18(23)13-9(2)14(15(19)21)27-17(13)20-16(22)11-7-6-10(24-3)8-12(11)25-4/h6-8H,5H2,1-4H3,(H2,19,21)(H,20,22). The Labute approximate surface area is 160 Å². The quantitative estimate of drug-likeness (QED) is 0.700. The molecule has 0 fully saturated rings. The van der Waals surface area contributed by atoms with Gasteiger partial charge < -0.3 is 25.3 Å². The van der Waals surface area contributed by atoms with Crippen LogP contribution in [0.2, 0.25) is 0 Å². The Morgan fingerprint density at radius 1 is 1.19 bits per heavy atom. The van der Waals surface area contributed by atoms with Gasteiger partial charge in [0.15, 0.2) is 0 Å². The van der Waals surface area contributed by atoms with Crippen molar-refractivity contribution in [3.05, 3.63) is 39.8 Å². The van der Waals surface area contributed by atoms with Gasteiger partial charge in [-0.15, -0.1) is 11.3 Å². The molecule has 0 saturated carbocycles. The summed E-state index contributed by atoms with van der Waals surface area (Å²) in [7, 11) is 2.93. The smallest absolute Gasteiger partial charge is 0.341 e.